The van der Waals surface area contributed by atoms with Crippen LogP contribution in [0.3, 0.4) is 0 Å². The summed E-state index contributed by atoms with van der Waals surface area (Å²) in [6.45, 7) is 3.59. The highest BCUT2D eigenvalue weighted by Crippen LogP contribution is 2.23. The van der Waals surface area contributed by atoms with Gasteiger partial charge in [-0.3, -0.25) is 4.79 Å². The molecule has 0 aromatic heterocycles. The van der Waals surface area contributed by atoms with Crippen LogP contribution < -0.4 is 15.0 Å². The minimum absolute atomic E-state index is 0.166. The Bertz CT molecular complexity index is 490. The van der Waals surface area contributed by atoms with Crippen LogP contribution in [0.25, 0.3) is 0 Å². The molecule has 1 saturated carbocycles. The zero-order chi connectivity index (χ0) is 15.9. The van der Waals surface area contributed by atoms with E-state index in [4.69, 9.17) is 4.74 Å². The van der Waals surface area contributed by atoms with Gasteiger partial charge < -0.3 is 15.0 Å². The Morgan fingerprint density at radius 1 is 1.36 bits per heavy atom. The molecular formula is C18H29N2O2+. The molecule has 22 heavy (non-hydrogen) atoms. The van der Waals surface area contributed by atoms with E-state index < -0.39 is 0 Å². The lowest BCUT2D eigenvalue weighted by atomic mass is 9.86. The number of hydrogen-bond acceptors (Lipinski definition) is 2. The number of ether oxygens (including phenoxy) is 1. The second-order valence-electron chi connectivity index (χ2n) is 6.60. The van der Waals surface area contributed by atoms with Crippen LogP contribution in [0.5, 0.6) is 5.75 Å². The lowest BCUT2D eigenvalue weighted by Gasteiger charge is -2.29. The van der Waals surface area contributed by atoms with Crippen LogP contribution in [0.2, 0.25) is 0 Å². The molecule has 1 fully saturated rings. The number of carbonyl (C=O) groups excluding carboxylic acids is 1. The van der Waals surface area contributed by atoms with Crippen LogP contribution in [0.15, 0.2) is 24.3 Å². The normalized spacial score (nSPS) is 22.9. The summed E-state index contributed by atoms with van der Waals surface area (Å²) in [6, 6.07) is 8.41. The van der Waals surface area contributed by atoms with Gasteiger partial charge in [-0.05, 0) is 30.9 Å². The molecule has 2 N–H and O–H groups in total. The van der Waals surface area contributed by atoms with Crippen molar-refractivity contribution in [1.29, 1.82) is 0 Å². The zero-order valence-corrected chi connectivity index (χ0v) is 14.0. The van der Waals surface area contributed by atoms with Crippen molar-refractivity contribution in [3.8, 4) is 5.75 Å². The number of nitrogens with one attached hydrogen (secondary N) is 2. The number of hydrogen-bond donors (Lipinski definition) is 2. The Balaban J connectivity index is 1.80. The zero-order valence-electron chi connectivity index (χ0n) is 14.0. The van der Waals surface area contributed by atoms with Gasteiger partial charge in [-0.25, -0.2) is 0 Å². The summed E-state index contributed by atoms with van der Waals surface area (Å²) < 4.78 is 5.24. The topological polar surface area (TPSA) is 42.8 Å². The van der Waals surface area contributed by atoms with Gasteiger partial charge in [0.15, 0.2) is 6.54 Å². The van der Waals surface area contributed by atoms with E-state index in [1.807, 2.05) is 18.2 Å². The molecule has 0 saturated heterocycles. The van der Waals surface area contributed by atoms with E-state index in [1.165, 1.54) is 29.7 Å². The van der Waals surface area contributed by atoms with Crippen molar-refractivity contribution in [1.82, 2.24) is 5.32 Å². The number of rotatable bonds is 6. The molecule has 1 aromatic rings. The second kappa shape index (κ2) is 8.18. The molecular weight excluding hydrogens is 276 g/mol. The van der Waals surface area contributed by atoms with E-state index >= 15 is 0 Å². The SMILES string of the molecule is COc1cccc(C[NH+](C)CC(=O)N[C@H]2CCCC[C@@H]2C)c1. The minimum atomic E-state index is 0.166. The third-order valence-corrected chi connectivity index (χ3v) is 4.56. The first kappa shape index (κ1) is 16.8. The summed E-state index contributed by atoms with van der Waals surface area (Å²) in [5.41, 5.74) is 1.19. The van der Waals surface area contributed by atoms with Crippen LogP contribution in [-0.4, -0.2) is 32.7 Å². The van der Waals surface area contributed by atoms with Gasteiger partial charge >= 0.3 is 0 Å². The molecule has 1 aliphatic rings. The van der Waals surface area contributed by atoms with Crippen LogP contribution in [-0.2, 0) is 11.3 Å². The average Bonchev–Trinajstić information content (AvgIpc) is 2.49. The van der Waals surface area contributed by atoms with Crippen molar-refractivity contribution in [3.05, 3.63) is 29.8 Å². The fourth-order valence-electron chi connectivity index (χ4n) is 3.26. The number of likely N-dealkylation sites (N-methyl/N-ethyl adjacent to an activating group) is 1. The highest BCUT2D eigenvalue weighted by Gasteiger charge is 2.23. The van der Waals surface area contributed by atoms with E-state index in [1.54, 1.807) is 7.11 Å². The summed E-state index contributed by atoms with van der Waals surface area (Å²) in [4.78, 5) is 13.4. The standard InChI is InChI=1S/C18H28N2O2/c1-14-7-4-5-10-17(14)19-18(21)13-20(2)12-15-8-6-9-16(11-15)22-3/h6,8-9,11,14,17H,4-5,7,10,12-13H2,1-3H3,(H,19,21)/p+1/t14-,17-/m0/s1. The van der Waals surface area contributed by atoms with Crippen molar-refractivity contribution < 1.29 is 14.4 Å². The minimum Gasteiger partial charge on any atom is -0.497 e. The first-order valence-corrected chi connectivity index (χ1v) is 8.32. The quantitative estimate of drug-likeness (QED) is 0.834. The molecule has 4 heteroatoms. The van der Waals surface area contributed by atoms with Crippen molar-refractivity contribution in [2.45, 2.75) is 45.2 Å². The lowest BCUT2D eigenvalue weighted by Crippen LogP contribution is -3.09. The Morgan fingerprint density at radius 2 is 2.14 bits per heavy atom. The molecule has 1 aliphatic carbocycles. The first-order chi connectivity index (χ1) is 10.6. The van der Waals surface area contributed by atoms with E-state index in [9.17, 15) is 4.79 Å². The first-order valence-electron chi connectivity index (χ1n) is 8.32. The van der Waals surface area contributed by atoms with Gasteiger partial charge in [-0.2, -0.15) is 0 Å². The fraction of sp³-hybridized carbons (Fsp3) is 0.611. The predicted octanol–water partition coefficient (Wildman–Crippen LogP) is 1.40. The van der Waals surface area contributed by atoms with Gasteiger partial charge in [0.2, 0.25) is 0 Å². The monoisotopic (exact) mass is 305 g/mol. The summed E-state index contributed by atoms with van der Waals surface area (Å²) in [5.74, 6) is 1.64. The van der Waals surface area contributed by atoms with Gasteiger partial charge in [0.25, 0.3) is 5.91 Å². The van der Waals surface area contributed by atoms with Crippen molar-refractivity contribution in [3.63, 3.8) is 0 Å². The summed E-state index contributed by atoms with van der Waals surface area (Å²) in [6.07, 6.45) is 4.90. The smallest absolute Gasteiger partial charge is 0.275 e. The Hall–Kier alpha value is -1.55. The molecule has 1 amide bonds. The molecule has 1 aromatic carbocycles. The largest absolute Gasteiger partial charge is 0.497 e. The van der Waals surface area contributed by atoms with Crippen LogP contribution in [0.4, 0.5) is 0 Å². The Morgan fingerprint density at radius 3 is 2.86 bits per heavy atom. The van der Waals surface area contributed by atoms with Gasteiger partial charge in [0.05, 0.1) is 14.2 Å². The molecule has 0 heterocycles. The van der Waals surface area contributed by atoms with Gasteiger partial charge in [0.1, 0.15) is 12.3 Å². The second-order valence-corrected chi connectivity index (χ2v) is 6.60. The van der Waals surface area contributed by atoms with Crippen molar-refractivity contribution in [2.75, 3.05) is 20.7 Å². The van der Waals surface area contributed by atoms with Crippen LogP contribution in [0, 0.1) is 5.92 Å². The molecule has 2 rings (SSSR count). The maximum atomic E-state index is 12.2. The molecule has 4 nitrogen and oxygen atoms in total. The van der Waals surface area contributed by atoms with E-state index in [0.29, 0.717) is 18.5 Å². The number of carbonyl (C=O) groups is 1. The van der Waals surface area contributed by atoms with E-state index in [0.717, 1.165) is 18.7 Å². The average molecular weight is 305 g/mol. The van der Waals surface area contributed by atoms with Gasteiger partial charge in [-0.1, -0.05) is 31.9 Å². The highest BCUT2D eigenvalue weighted by molar-refractivity contribution is 5.77. The third-order valence-electron chi connectivity index (χ3n) is 4.56. The molecule has 0 spiro atoms. The fourth-order valence-corrected chi connectivity index (χ4v) is 3.26. The number of benzene rings is 1. The molecule has 0 radical (unpaired) electrons. The Kier molecular flexibility index (Phi) is 6.25. The highest BCUT2D eigenvalue weighted by atomic mass is 16.5. The maximum absolute atomic E-state index is 12.2. The Labute approximate surface area is 133 Å². The molecule has 122 valence electrons. The summed E-state index contributed by atoms with van der Waals surface area (Å²) >= 11 is 0. The predicted molar refractivity (Wildman–Crippen MR) is 88.0 cm³/mol. The lowest BCUT2D eigenvalue weighted by molar-refractivity contribution is -0.885. The summed E-state index contributed by atoms with van der Waals surface area (Å²) in [5, 5.41) is 3.22. The molecule has 1 unspecified atom stereocenters. The third kappa shape index (κ3) is 5.02. The molecule has 0 bridgehead atoms. The molecule has 3 atom stereocenters. The summed E-state index contributed by atoms with van der Waals surface area (Å²) in [7, 11) is 3.73. The van der Waals surface area contributed by atoms with Crippen LogP contribution in [0.1, 0.15) is 38.2 Å². The number of amides is 1. The van der Waals surface area contributed by atoms with Crippen molar-refractivity contribution >= 4 is 5.91 Å². The van der Waals surface area contributed by atoms with Gasteiger partial charge in [-0.15, -0.1) is 0 Å². The van der Waals surface area contributed by atoms with E-state index in [2.05, 4.69) is 25.4 Å². The van der Waals surface area contributed by atoms with E-state index in [-0.39, 0.29) is 5.91 Å². The molecule has 0 aliphatic heterocycles. The van der Waals surface area contributed by atoms with Crippen LogP contribution >= 0.6 is 0 Å². The number of quaternary nitrogens is 1. The van der Waals surface area contributed by atoms with Gasteiger partial charge in [0, 0.05) is 11.6 Å². The number of methoxy groups -OCH3 is 1. The maximum Gasteiger partial charge on any atom is 0.275 e. The van der Waals surface area contributed by atoms with Crippen molar-refractivity contribution in [2.24, 2.45) is 5.92 Å².